The average molecular weight is 346 g/mol. The van der Waals surface area contributed by atoms with E-state index in [1.807, 2.05) is 5.32 Å². The molecule has 124 valence electrons. The Morgan fingerprint density at radius 3 is 1.82 bits per heavy atom. The predicted octanol–water partition coefficient (Wildman–Crippen LogP) is 1.27. The fourth-order valence-corrected chi connectivity index (χ4v) is 2.13. The standard InChI is InChI=1S/C10H11F5N2O4Si/c1-20-22(19,21-2)3-16-10(18)17-9-7(14)5(12)4(11)6(13)8(9)15/h19H,3H2,1-2H3,(H2,16,17,18). The Morgan fingerprint density at radius 2 is 1.41 bits per heavy atom. The van der Waals surface area contributed by atoms with Crippen LogP contribution in [0.15, 0.2) is 0 Å². The van der Waals surface area contributed by atoms with Crippen LogP contribution in [0.4, 0.5) is 32.4 Å². The highest BCUT2D eigenvalue weighted by molar-refractivity contribution is 6.59. The van der Waals surface area contributed by atoms with Gasteiger partial charge in [0.2, 0.25) is 5.82 Å². The molecule has 0 radical (unpaired) electrons. The Hall–Kier alpha value is -1.76. The molecule has 0 aliphatic rings. The van der Waals surface area contributed by atoms with Gasteiger partial charge >= 0.3 is 14.8 Å². The highest BCUT2D eigenvalue weighted by Crippen LogP contribution is 2.26. The number of hydrogen-bond donors (Lipinski definition) is 3. The van der Waals surface area contributed by atoms with Crippen molar-refractivity contribution in [1.29, 1.82) is 0 Å². The third-order valence-corrected chi connectivity index (χ3v) is 4.46. The lowest BCUT2D eigenvalue weighted by Gasteiger charge is -2.20. The molecule has 6 nitrogen and oxygen atoms in total. The summed E-state index contributed by atoms with van der Waals surface area (Å²) in [5.41, 5.74) is -1.52. The normalized spacial score (nSPS) is 11.5. The molecule has 1 aromatic rings. The van der Waals surface area contributed by atoms with Crippen molar-refractivity contribution in [3.63, 3.8) is 0 Å². The van der Waals surface area contributed by atoms with Crippen molar-refractivity contribution in [2.24, 2.45) is 0 Å². The summed E-state index contributed by atoms with van der Waals surface area (Å²) in [6.45, 7) is 0. The van der Waals surface area contributed by atoms with Gasteiger partial charge in [-0.2, -0.15) is 0 Å². The lowest BCUT2D eigenvalue weighted by Crippen LogP contribution is -2.52. The highest BCUT2D eigenvalue weighted by atomic mass is 28.4. The molecule has 22 heavy (non-hydrogen) atoms. The summed E-state index contributed by atoms with van der Waals surface area (Å²) in [7, 11) is -1.51. The Kier molecular flexibility index (Phi) is 5.82. The van der Waals surface area contributed by atoms with Crippen molar-refractivity contribution in [3.8, 4) is 0 Å². The molecule has 0 aliphatic carbocycles. The topological polar surface area (TPSA) is 79.8 Å². The fourth-order valence-electron chi connectivity index (χ4n) is 1.29. The van der Waals surface area contributed by atoms with E-state index >= 15 is 0 Å². The first-order valence-electron chi connectivity index (χ1n) is 5.55. The fraction of sp³-hybridized carbons (Fsp3) is 0.300. The molecule has 1 aromatic carbocycles. The van der Waals surface area contributed by atoms with E-state index in [1.54, 1.807) is 0 Å². The van der Waals surface area contributed by atoms with E-state index in [2.05, 4.69) is 8.85 Å². The van der Waals surface area contributed by atoms with Gasteiger partial charge in [0.1, 0.15) is 5.69 Å². The Bertz CT molecular complexity index is 556. The first kappa shape index (κ1) is 18.3. The number of carbonyl (C=O) groups is 1. The number of hydrogen-bond acceptors (Lipinski definition) is 4. The molecule has 0 saturated heterocycles. The third kappa shape index (κ3) is 3.71. The molecular weight excluding hydrogens is 335 g/mol. The molecule has 0 aromatic heterocycles. The minimum atomic E-state index is -3.70. The van der Waals surface area contributed by atoms with Crippen molar-refractivity contribution < 1.29 is 40.4 Å². The number of anilines is 1. The summed E-state index contributed by atoms with van der Waals surface area (Å²) in [5.74, 6) is -11.1. The average Bonchev–Trinajstić information content (AvgIpc) is 2.52. The van der Waals surface area contributed by atoms with E-state index < -0.39 is 55.8 Å². The predicted molar refractivity (Wildman–Crippen MR) is 65.2 cm³/mol. The van der Waals surface area contributed by atoms with E-state index in [9.17, 15) is 31.5 Å². The summed E-state index contributed by atoms with van der Waals surface area (Å²) in [5, 5.41) is 3.38. The minimum Gasteiger partial charge on any atom is -0.389 e. The molecule has 0 fully saturated rings. The zero-order valence-corrected chi connectivity index (χ0v) is 12.3. The first-order valence-corrected chi connectivity index (χ1v) is 7.53. The Morgan fingerprint density at radius 1 is 1.00 bits per heavy atom. The van der Waals surface area contributed by atoms with Crippen molar-refractivity contribution >= 4 is 20.5 Å². The number of amides is 2. The second kappa shape index (κ2) is 7.00. The summed E-state index contributed by atoms with van der Waals surface area (Å²) < 4.78 is 74.5. The molecule has 12 heteroatoms. The first-order chi connectivity index (χ1) is 10.2. The number of rotatable bonds is 5. The van der Waals surface area contributed by atoms with Crippen LogP contribution in [-0.2, 0) is 8.85 Å². The maximum absolute atomic E-state index is 13.3. The second-order valence-electron chi connectivity index (χ2n) is 3.87. The minimum absolute atomic E-state index is 0.554. The van der Waals surface area contributed by atoms with Gasteiger partial charge in [0, 0.05) is 14.2 Å². The summed E-state index contributed by atoms with van der Waals surface area (Å²) in [6, 6.07) is -1.33. The van der Waals surface area contributed by atoms with Gasteiger partial charge in [-0.25, -0.2) is 26.7 Å². The van der Waals surface area contributed by atoms with Crippen molar-refractivity contribution in [3.05, 3.63) is 29.1 Å². The SMILES string of the molecule is CO[Si](O)(CNC(=O)Nc1c(F)c(F)c(F)c(F)c1F)OC. The Balaban J connectivity index is 2.90. The highest BCUT2D eigenvalue weighted by Gasteiger charge is 2.35. The number of urea groups is 1. The number of nitrogens with one attached hydrogen (secondary N) is 2. The van der Waals surface area contributed by atoms with Gasteiger partial charge < -0.3 is 24.3 Å². The number of carbonyl (C=O) groups excluding carboxylic acids is 1. The molecule has 1 rings (SSSR count). The van der Waals surface area contributed by atoms with Crippen LogP contribution in [0.3, 0.4) is 0 Å². The quantitative estimate of drug-likeness (QED) is 0.325. The number of benzene rings is 1. The monoisotopic (exact) mass is 346 g/mol. The maximum Gasteiger partial charge on any atom is 0.518 e. The molecule has 0 atom stereocenters. The summed E-state index contributed by atoms with van der Waals surface area (Å²) >= 11 is 0. The molecule has 3 N–H and O–H groups in total. The molecule has 0 spiro atoms. The molecule has 0 unspecified atom stereocenters. The molecule has 0 aliphatic heterocycles. The van der Waals surface area contributed by atoms with Gasteiger partial charge in [0.25, 0.3) is 0 Å². The van der Waals surface area contributed by atoms with Gasteiger partial charge in [-0.15, -0.1) is 0 Å². The van der Waals surface area contributed by atoms with Crippen LogP contribution in [-0.4, -0.2) is 40.0 Å². The van der Waals surface area contributed by atoms with Gasteiger partial charge in [0.05, 0.1) is 6.17 Å². The third-order valence-electron chi connectivity index (χ3n) is 2.56. The van der Waals surface area contributed by atoms with E-state index in [1.165, 1.54) is 5.32 Å². The van der Waals surface area contributed by atoms with Gasteiger partial charge in [0.15, 0.2) is 23.3 Å². The molecule has 0 bridgehead atoms. The van der Waals surface area contributed by atoms with Crippen LogP contribution in [0.1, 0.15) is 0 Å². The van der Waals surface area contributed by atoms with Gasteiger partial charge in [-0.05, 0) is 0 Å². The van der Waals surface area contributed by atoms with Gasteiger partial charge in [-0.1, -0.05) is 0 Å². The van der Waals surface area contributed by atoms with E-state index in [0.29, 0.717) is 0 Å². The summed E-state index contributed by atoms with van der Waals surface area (Å²) in [4.78, 5) is 21.0. The number of halogens is 5. The lowest BCUT2D eigenvalue weighted by molar-refractivity contribution is 0.150. The smallest absolute Gasteiger partial charge is 0.389 e. The van der Waals surface area contributed by atoms with Crippen LogP contribution < -0.4 is 10.6 Å². The van der Waals surface area contributed by atoms with Crippen LogP contribution in [0, 0.1) is 29.1 Å². The van der Waals surface area contributed by atoms with Crippen molar-refractivity contribution in [1.82, 2.24) is 5.32 Å². The van der Waals surface area contributed by atoms with Crippen molar-refractivity contribution in [2.45, 2.75) is 0 Å². The molecule has 2 amide bonds. The van der Waals surface area contributed by atoms with E-state index in [4.69, 9.17) is 0 Å². The van der Waals surface area contributed by atoms with Crippen molar-refractivity contribution in [2.75, 3.05) is 25.7 Å². The van der Waals surface area contributed by atoms with Crippen LogP contribution in [0.25, 0.3) is 0 Å². The van der Waals surface area contributed by atoms with Gasteiger partial charge in [-0.3, -0.25) is 0 Å². The molecular formula is C10H11F5N2O4Si. The molecule has 0 saturated carbocycles. The second-order valence-corrected chi connectivity index (χ2v) is 6.47. The van der Waals surface area contributed by atoms with Crippen LogP contribution in [0.5, 0.6) is 0 Å². The zero-order chi connectivity index (χ0) is 17.1. The van der Waals surface area contributed by atoms with E-state index in [0.717, 1.165) is 14.2 Å². The summed E-state index contributed by atoms with van der Waals surface area (Å²) in [6.07, 6.45) is -0.554. The molecule has 0 heterocycles. The lowest BCUT2D eigenvalue weighted by atomic mass is 10.2. The van der Waals surface area contributed by atoms with E-state index in [-0.39, 0.29) is 0 Å². The Labute approximate surface area is 122 Å². The largest absolute Gasteiger partial charge is 0.518 e. The van der Waals surface area contributed by atoms with Crippen LogP contribution in [0.2, 0.25) is 0 Å². The maximum atomic E-state index is 13.3. The van der Waals surface area contributed by atoms with Crippen LogP contribution >= 0.6 is 0 Å². The zero-order valence-electron chi connectivity index (χ0n) is 11.3.